The lowest BCUT2D eigenvalue weighted by atomic mass is 10.1. The number of hydrogen-bond acceptors (Lipinski definition) is 3. The lowest BCUT2D eigenvalue weighted by Crippen LogP contribution is -2.34. The number of nitrogens with two attached hydrogens (primary N) is 1. The van der Waals surface area contributed by atoms with Crippen LogP contribution >= 0.6 is 0 Å². The zero-order valence-electron chi connectivity index (χ0n) is 9.83. The molecule has 0 aromatic carbocycles. The summed E-state index contributed by atoms with van der Waals surface area (Å²) in [5.41, 5.74) is 5.27. The van der Waals surface area contributed by atoms with E-state index in [1.807, 2.05) is 6.92 Å². The molecule has 92 valence electrons. The van der Waals surface area contributed by atoms with Crippen LogP contribution in [0.3, 0.4) is 0 Å². The van der Waals surface area contributed by atoms with Crippen LogP contribution in [0, 0.1) is 0 Å². The van der Waals surface area contributed by atoms with E-state index in [1.54, 1.807) is 0 Å². The standard InChI is InChI=1S/C10H24N2O2S/c1-3-4-5-7-10(2)12-15(13,14)9-6-8-11/h10,12H,3-9,11H2,1-2H3. The van der Waals surface area contributed by atoms with Gasteiger partial charge in [-0.25, -0.2) is 13.1 Å². The fraction of sp³-hybridized carbons (Fsp3) is 1.00. The van der Waals surface area contributed by atoms with E-state index in [9.17, 15) is 8.42 Å². The van der Waals surface area contributed by atoms with Gasteiger partial charge in [-0.15, -0.1) is 0 Å². The van der Waals surface area contributed by atoms with E-state index in [0.29, 0.717) is 13.0 Å². The minimum Gasteiger partial charge on any atom is -0.330 e. The zero-order chi connectivity index (χ0) is 11.7. The molecule has 0 fully saturated rings. The van der Waals surface area contributed by atoms with Crippen LogP contribution < -0.4 is 10.5 Å². The molecular formula is C10H24N2O2S. The van der Waals surface area contributed by atoms with Crippen molar-refractivity contribution in [3.63, 3.8) is 0 Å². The highest BCUT2D eigenvalue weighted by Crippen LogP contribution is 2.04. The Bertz CT molecular complexity index is 240. The summed E-state index contributed by atoms with van der Waals surface area (Å²) in [5.74, 6) is 0.140. The molecule has 0 amide bonds. The summed E-state index contributed by atoms with van der Waals surface area (Å²) >= 11 is 0. The highest BCUT2D eigenvalue weighted by atomic mass is 32.2. The molecule has 5 heteroatoms. The van der Waals surface area contributed by atoms with E-state index in [-0.39, 0.29) is 11.8 Å². The van der Waals surface area contributed by atoms with E-state index in [2.05, 4.69) is 11.6 Å². The molecule has 15 heavy (non-hydrogen) atoms. The summed E-state index contributed by atoms with van der Waals surface area (Å²) in [4.78, 5) is 0. The van der Waals surface area contributed by atoms with Crippen LogP contribution in [0.15, 0.2) is 0 Å². The molecular weight excluding hydrogens is 212 g/mol. The Balaban J connectivity index is 3.78. The van der Waals surface area contributed by atoms with Gasteiger partial charge in [-0.3, -0.25) is 0 Å². The smallest absolute Gasteiger partial charge is 0.211 e. The third-order valence-electron chi connectivity index (χ3n) is 2.24. The normalized spacial score (nSPS) is 14.1. The van der Waals surface area contributed by atoms with Gasteiger partial charge in [0, 0.05) is 6.04 Å². The Labute approximate surface area is 93.7 Å². The minimum absolute atomic E-state index is 0.0410. The second kappa shape index (κ2) is 8.07. The molecule has 0 aliphatic heterocycles. The largest absolute Gasteiger partial charge is 0.330 e. The number of sulfonamides is 1. The fourth-order valence-electron chi connectivity index (χ4n) is 1.40. The lowest BCUT2D eigenvalue weighted by molar-refractivity contribution is 0.526. The van der Waals surface area contributed by atoms with Crippen LogP contribution in [0.5, 0.6) is 0 Å². The van der Waals surface area contributed by atoms with Crippen LogP contribution in [0.4, 0.5) is 0 Å². The van der Waals surface area contributed by atoms with Crippen molar-refractivity contribution in [3.05, 3.63) is 0 Å². The van der Waals surface area contributed by atoms with Crippen molar-refractivity contribution in [2.75, 3.05) is 12.3 Å². The fourth-order valence-corrected chi connectivity index (χ4v) is 2.79. The molecule has 0 aromatic rings. The monoisotopic (exact) mass is 236 g/mol. The summed E-state index contributed by atoms with van der Waals surface area (Å²) < 4.78 is 25.6. The van der Waals surface area contributed by atoms with Gasteiger partial charge in [-0.1, -0.05) is 26.2 Å². The topological polar surface area (TPSA) is 72.2 Å². The molecule has 0 aliphatic carbocycles. The van der Waals surface area contributed by atoms with Crippen molar-refractivity contribution in [2.45, 2.75) is 52.0 Å². The van der Waals surface area contributed by atoms with Gasteiger partial charge in [-0.05, 0) is 26.3 Å². The second-order valence-electron chi connectivity index (χ2n) is 3.98. The average Bonchev–Trinajstić information content (AvgIpc) is 2.14. The molecule has 1 unspecified atom stereocenters. The molecule has 0 spiro atoms. The summed E-state index contributed by atoms with van der Waals surface area (Å²) in [6.07, 6.45) is 4.84. The summed E-state index contributed by atoms with van der Waals surface area (Å²) in [5, 5.41) is 0. The van der Waals surface area contributed by atoms with Gasteiger partial charge in [0.15, 0.2) is 0 Å². The van der Waals surface area contributed by atoms with Crippen molar-refractivity contribution in [1.29, 1.82) is 0 Å². The van der Waals surface area contributed by atoms with Gasteiger partial charge < -0.3 is 5.73 Å². The number of hydrogen-bond donors (Lipinski definition) is 2. The Morgan fingerprint density at radius 1 is 1.27 bits per heavy atom. The van der Waals surface area contributed by atoms with Crippen molar-refractivity contribution >= 4 is 10.0 Å². The predicted molar refractivity (Wildman–Crippen MR) is 64.2 cm³/mol. The van der Waals surface area contributed by atoms with Crippen LogP contribution in [-0.2, 0) is 10.0 Å². The molecule has 0 saturated heterocycles. The number of unbranched alkanes of at least 4 members (excludes halogenated alkanes) is 2. The quantitative estimate of drug-likeness (QED) is 0.591. The maximum absolute atomic E-state index is 11.5. The van der Waals surface area contributed by atoms with E-state index in [4.69, 9.17) is 5.73 Å². The zero-order valence-corrected chi connectivity index (χ0v) is 10.6. The molecule has 3 N–H and O–H groups in total. The summed E-state index contributed by atoms with van der Waals surface area (Å²) in [6, 6.07) is 0.0410. The molecule has 4 nitrogen and oxygen atoms in total. The molecule has 0 aliphatic rings. The first kappa shape index (κ1) is 14.9. The van der Waals surface area contributed by atoms with Crippen molar-refractivity contribution in [3.8, 4) is 0 Å². The van der Waals surface area contributed by atoms with E-state index >= 15 is 0 Å². The highest BCUT2D eigenvalue weighted by Gasteiger charge is 2.12. The van der Waals surface area contributed by atoms with Gasteiger partial charge >= 0.3 is 0 Å². The lowest BCUT2D eigenvalue weighted by Gasteiger charge is -2.13. The molecule has 0 radical (unpaired) electrons. The Morgan fingerprint density at radius 3 is 2.47 bits per heavy atom. The van der Waals surface area contributed by atoms with Gasteiger partial charge in [0.05, 0.1) is 5.75 Å². The Morgan fingerprint density at radius 2 is 1.93 bits per heavy atom. The molecule has 1 atom stereocenters. The maximum atomic E-state index is 11.5. The number of rotatable bonds is 9. The van der Waals surface area contributed by atoms with Gasteiger partial charge in [0.25, 0.3) is 0 Å². The van der Waals surface area contributed by atoms with Crippen molar-refractivity contribution < 1.29 is 8.42 Å². The highest BCUT2D eigenvalue weighted by molar-refractivity contribution is 7.89. The van der Waals surface area contributed by atoms with Crippen LogP contribution in [0.25, 0.3) is 0 Å². The first-order valence-corrected chi connectivity index (χ1v) is 7.37. The van der Waals surface area contributed by atoms with Crippen molar-refractivity contribution in [1.82, 2.24) is 4.72 Å². The number of nitrogens with one attached hydrogen (secondary N) is 1. The molecule has 0 aromatic heterocycles. The van der Waals surface area contributed by atoms with Gasteiger partial charge in [0.2, 0.25) is 10.0 Å². The van der Waals surface area contributed by atoms with Gasteiger partial charge in [-0.2, -0.15) is 0 Å². The molecule has 0 heterocycles. The van der Waals surface area contributed by atoms with Crippen LogP contribution in [0.2, 0.25) is 0 Å². The van der Waals surface area contributed by atoms with Crippen LogP contribution in [-0.4, -0.2) is 26.8 Å². The predicted octanol–water partition coefficient (Wildman–Crippen LogP) is 1.22. The third kappa shape index (κ3) is 8.84. The van der Waals surface area contributed by atoms with Crippen LogP contribution in [0.1, 0.15) is 46.0 Å². The Hall–Kier alpha value is -0.130. The SMILES string of the molecule is CCCCCC(C)NS(=O)(=O)CCCN. The Kier molecular flexibility index (Phi) is 8.00. The third-order valence-corrected chi connectivity index (χ3v) is 3.83. The maximum Gasteiger partial charge on any atom is 0.211 e. The second-order valence-corrected chi connectivity index (χ2v) is 5.85. The molecule has 0 bridgehead atoms. The first-order chi connectivity index (χ1) is 7.02. The summed E-state index contributed by atoms with van der Waals surface area (Å²) in [7, 11) is -3.11. The van der Waals surface area contributed by atoms with E-state index in [0.717, 1.165) is 25.7 Å². The van der Waals surface area contributed by atoms with Crippen molar-refractivity contribution in [2.24, 2.45) is 5.73 Å². The first-order valence-electron chi connectivity index (χ1n) is 5.72. The molecule has 0 rings (SSSR count). The van der Waals surface area contributed by atoms with E-state index < -0.39 is 10.0 Å². The van der Waals surface area contributed by atoms with E-state index in [1.165, 1.54) is 0 Å². The molecule has 0 saturated carbocycles. The average molecular weight is 236 g/mol. The van der Waals surface area contributed by atoms with Gasteiger partial charge in [0.1, 0.15) is 0 Å². The summed E-state index contributed by atoms with van der Waals surface area (Å²) in [6.45, 7) is 4.47. The minimum atomic E-state index is -3.11.